The molecule has 3 N–H and O–H groups in total. The van der Waals surface area contributed by atoms with Gasteiger partial charge in [-0.1, -0.05) is 37.0 Å². The third kappa shape index (κ3) is 6.44. The van der Waals surface area contributed by atoms with E-state index in [1.54, 1.807) is 0 Å². The van der Waals surface area contributed by atoms with Gasteiger partial charge in [0.2, 0.25) is 5.91 Å². The minimum absolute atomic E-state index is 0.0531. The predicted octanol–water partition coefficient (Wildman–Crippen LogP) is 1.34. The Morgan fingerprint density at radius 2 is 2.10 bits per heavy atom. The van der Waals surface area contributed by atoms with E-state index in [-0.39, 0.29) is 11.9 Å². The van der Waals surface area contributed by atoms with Crippen LogP contribution in [0.15, 0.2) is 24.3 Å². The van der Waals surface area contributed by atoms with Crippen molar-refractivity contribution < 1.29 is 4.79 Å². The summed E-state index contributed by atoms with van der Waals surface area (Å²) in [5, 5.41) is 2.92. The van der Waals surface area contributed by atoms with E-state index in [1.165, 1.54) is 0 Å². The van der Waals surface area contributed by atoms with E-state index in [4.69, 9.17) is 5.73 Å². The monoisotopic (exact) mass is 287 g/mol. The second kappa shape index (κ2) is 9.17. The fraction of sp³-hybridized carbons (Fsp3) is 0.471. The van der Waals surface area contributed by atoms with Crippen molar-refractivity contribution in [3.8, 4) is 11.8 Å². The van der Waals surface area contributed by atoms with Crippen LogP contribution in [0.25, 0.3) is 0 Å². The second-order valence-corrected chi connectivity index (χ2v) is 5.19. The number of benzene rings is 1. The first-order valence-electron chi connectivity index (χ1n) is 7.35. The Balaban J connectivity index is 2.75. The third-order valence-electron chi connectivity index (χ3n) is 3.00. The van der Waals surface area contributed by atoms with Crippen molar-refractivity contribution in [2.75, 3.05) is 19.6 Å². The largest absolute Gasteiger partial charge is 0.353 e. The standard InChI is InChI=1S/C17H25N3O/c1-4-20(13-17(21)19-14(2)3)12-16-9-6-5-8-15(16)10-7-11-18/h5-6,8-9,14H,4,11-13,18H2,1-3H3,(H,19,21). The van der Waals surface area contributed by atoms with Crippen molar-refractivity contribution in [1.82, 2.24) is 10.2 Å². The van der Waals surface area contributed by atoms with Crippen molar-refractivity contribution in [2.24, 2.45) is 5.73 Å². The lowest BCUT2D eigenvalue weighted by atomic mass is 10.1. The zero-order chi connectivity index (χ0) is 15.7. The van der Waals surface area contributed by atoms with Gasteiger partial charge in [0.05, 0.1) is 13.1 Å². The topological polar surface area (TPSA) is 58.4 Å². The highest BCUT2D eigenvalue weighted by Crippen LogP contribution is 2.10. The molecule has 1 amide bonds. The Morgan fingerprint density at radius 3 is 2.71 bits per heavy atom. The van der Waals surface area contributed by atoms with E-state index in [0.29, 0.717) is 19.6 Å². The van der Waals surface area contributed by atoms with Gasteiger partial charge in [0.1, 0.15) is 0 Å². The van der Waals surface area contributed by atoms with E-state index in [0.717, 1.165) is 17.7 Å². The van der Waals surface area contributed by atoms with Gasteiger partial charge in [0.15, 0.2) is 0 Å². The molecule has 0 atom stereocenters. The molecule has 4 heteroatoms. The fourth-order valence-corrected chi connectivity index (χ4v) is 2.02. The molecule has 0 spiro atoms. The molecule has 0 aliphatic heterocycles. The van der Waals surface area contributed by atoms with E-state index in [2.05, 4.69) is 29.0 Å². The Kier molecular flexibility index (Phi) is 7.52. The van der Waals surface area contributed by atoms with Gasteiger partial charge in [0, 0.05) is 18.2 Å². The summed E-state index contributed by atoms with van der Waals surface area (Å²) in [6, 6.07) is 8.15. The molecule has 0 radical (unpaired) electrons. The molecule has 0 aliphatic carbocycles. The summed E-state index contributed by atoms with van der Waals surface area (Å²) in [5.41, 5.74) is 7.53. The number of carbonyl (C=O) groups is 1. The molecular formula is C17H25N3O. The van der Waals surface area contributed by atoms with Gasteiger partial charge in [-0.2, -0.15) is 0 Å². The number of rotatable bonds is 6. The number of amides is 1. The average molecular weight is 287 g/mol. The smallest absolute Gasteiger partial charge is 0.234 e. The van der Waals surface area contributed by atoms with Gasteiger partial charge in [-0.25, -0.2) is 0 Å². The van der Waals surface area contributed by atoms with Crippen molar-refractivity contribution >= 4 is 5.91 Å². The average Bonchev–Trinajstić information content (AvgIpc) is 2.44. The lowest BCUT2D eigenvalue weighted by molar-refractivity contribution is -0.122. The number of hydrogen-bond donors (Lipinski definition) is 2. The molecule has 0 heterocycles. The van der Waals surface area contributed by atoms with Gasteiger partial charge in [0.25, 0.3) is 0 Å². The van der Waals surface area contributed by atoms with E-state index in [9.17, 15) is 4.79 Å². The molecule has 0 bridgehead atoms. The SMILES string of the molecule is CCN(CC(=O)NC(C)C)Cc1ccccc1C#CCN. The second-order valence-electron chi connectivity index (χ2n) is 5.19. The number of carbonyl (C=O) groups excluding carboxylic acids is 1. The number of nitrogens with two attached hydrogens (primary N) is 1. The van der Waals surface area contributed by atoms with Crippen LogP contribution in [0.5, 0.6) is 0 Å². The Labute approximate surface area is 127 Å². The number of likely N-dealkylation sites (N-methyl/N-ethyl adjacent to an activating group) is 1. The molecule has 0 saturated carbocycles. The molecular weight excluding hydrogens is 262 g/mol. The summed E-state index contributed by atoms with van der Waals surface area (Å²) in [6.07, 6.45) is 0. The van der Waals surface area contributed by atoms with Crippen LogP contribution in [-0.4, -0.2) is 36.5 Å². The molecule has 1 aromatic rings. The summed E-state index contributed by atoms with van der Waals surface area (Å²) in [6.45, 7) is 8.24. The number of nitrogens with zero attached hydrogens (tertiary/aromatic N) is 1. The first-order valence-corrected chi connectivity index (χ1v) is 7.35. The first kappa shape index (κ1) is 17.2. The third-order valence-corrected chi connectivity index (χ3v) is 3.00. The highest BCUT2D eigenvalue weighted by Gasteiger charge is 2.11. The molecule has 1 rings (SSSR count). The van der Waals surface area contributed by atoms with Gasteiger partial charge >= 0.3 is 0 Å². The highest BCUT2D eigenvalue weighted by molar-refractivity contribution is 5.78. The molecule has 0 unspecified atom stereocenters. The zero-order valence-corrected chi connectivity index (χ0v) is 13.1. The van der Waals surface area contributed by atoms with Crippen LogP contribution in [0.1, 0.15) is 31.9 Å². The van der Waals surface area contributed by atoms with Crippen molar-refractivity contribution in [1.29, 1.82) is 0 Å². The molecule has 0 fully saturated rings. The minimum atomic E-state index is 0.0531. The molecule has 0 aromatic heterocycles. The minimum Gasteiger partial charge on any atom is -0.353 e. The summed E-state index contributed by atoms with van der Waals surface area (Å²) >= 11 is 0. The Hall–Kier alpha value is -1.83. The Bertz CT molecular complexity index is 514. The quantitative estimate of drug-likeness (QED) is 0.776. The zero-order valence-electron chi connectivity index (χ0n) is 13.1. The summed E-state index contributed by atoms with van der Waals surface area (Å²) in [5.74, 6) is 6.02. The van der Waals surface area contributed by atoms with Crippen molar-refractivity contribution in [2.45, 2.75) is 33.4 Å². The first-order chi connectivity index (χ1) is 10.1. The van der Waals surface area contributed by atoms with Crippen LogP contribution in [0.2, 0.25) is 0 Å². The van der Waals surface area contributed by atoms with Gasteiger partial charge in [-0.15, -0.1) is 0 Å². The molecule has 0 aliphatic rings. The lowest BCUT2D eigenvalue weighted by Gasteiger charge is -2.21. The molecule has 114 valence electrons. The maximum Gasteiger partial charge on any atom is 0.234 e. The van der Waals surface area contributed by atoms with Crippen LogP contribution >= 0.6 is 0 Å². The lowest BCUT2D eigenvalue weighted by Crippen LogP contribution is -2.39. The highest BCUT2D eigenvalue weighted by atomic mass is 16.2. The Morgan fingerprint density at radius 1 is 1.38 bits per heavy atom. The van der Waals surface area contributed by atoms with Crippen LogP contribution in [-0.2, 0) is 11.3 Å². The van der Waals surface area contributed by atoms with E-state index < -0.39 is 0 Å². The van der Waals surface area contributed by atoms with Crippen molar-refractivity contribution in [3.05, 3.63) is 35.4 Å². The summed E-state index contributed by atoms with van der Waals surface area (Å²) in [4.78, 5) is 14.0. The van der Waals surface area contributed by atoms with Gasteiger partial charge in [-0.3, -0.25) is 9.69 Å². The van der Waals surface area contributed by atoms with Crippen LogP contribution < -0.4 is 11.1 Å². The van der Waals surface area contributed by atoms with Crippen LogP contribution in [0, 0.1) is 11.8 Å². The normalized spacial score (nSPS) is 10.4. The predicted molar refractivity (Wildman–Crippen MR) is 86.6 cm³/mol. The summed E-state index contributed by atoms with van der Waals surface area (Å²) in [7, 11) is 0. The molecule has 4 nitrogen and oxygen atoms in total. The number of nitrogens with one attached hydrogen (secondary N) is 1. The molecule has 1 aromatic carbocycles. The van der Waals surface area contributed by atoms with Crippen molar-refractivity contribution in [3.63, 3.8) is 0 Å². The van der Waals surface area contributed by atoms with Gasteiger partial charge < -0.3 is 11.1 Å². The molecule has 21 heavy (non-hydrogen) atoms. The number of hydrogen-bond acceptors (Lipinski definition) is 3. The maximum absolute atomic E-state index is 11.9. The van der Waals surface area contributed by atoms with Crippen LogP contribution in [0.3, 0.4) is 0 Å². The van der Waals surface area contributed by atoms with E-state index >= 15 is 0 Å². The van der Waals surface area contributed by atoms with Gasteiger partial charge in [-0.05, 0) is 32.0 Å². The van der Waals surface area contributed by atoms with Crippen LogP contribution in [0.4, 0.5) is 0 Å². The molecule has 0 saturated heterocycles. The summed E-state index contributed by atoms with van der Waals surface area (Å²) < 4.78 is 0. The van der Waals surface area contributed by atoms with E-state index in [1.807, 2.05) is 38.1 Å². The fourth-order valence-electron chi connectivity index (χ4n) is 2.02. The maximum atomic E-state index is 11.9.